The number of ether oxygens (including phenoxy) is 2. The van der Waals surface area contributed by atoms with Crippen LogP contribution in [0.3, 0.4) is 0 Å². The Bertz CT molecular complexity index is 804. The van der Waals surface area contributed by atoms with Crippen molar-refractivity contribution >= 4 is 35.1 Å². The Morgan fingerprint density at radius 3 is 2.31 bits per heavy atom. The number of rotatable bonds is 5. The summed E-state index contributed by atoms with van der Waals surface area (Å²) >= 11 is 12.3. The Hall–Kier alpha value is -1.72. The lowest BCUT2D eigenvalue weighted by molar-refractivity contribution is 0.00251. The Balaban J connectivity index is 1.79. The molecule has 2 aliphatic rings. The van der Waals surface area contributed by atoms with Gasteiger partial charge in [-0.2, -0.15) is 0 Å². The van der Waals surface area contributed by atoms with E-state index in [1.54, 1.807) is 18.2 Å². The summed E-state index contributed by atoms with van der Waals surface area (Å²) in [6.45, 7) is 9.48. The van der Waals surface area contributed by atoms with E-state index in [1.165, 1.54) is 0 Å². The van der Waals surface area contributed by atoms with Crippen molar-refractivity contribution < 1.29 is 19.1 Å². The maximum atomic E-state index is 13.3. The predicted molar refractivity (Wildman–Crippen MR) is 114 cm³/mol. The molecule has 0 N–H and O–H groups in total. The van der Waals surface area contributed by atoms with E-state index in [2.05, 4.69) is 6.58 Å². The molecule has 158 valence electrons. The minimum atomic E-state index is -0.541. The lowest BCUT2D eigenvalue weighted by Crippen LogP contribution is -2.49. The first-order chi connectivity index (χ1) is 13.6. The third kappa shape index (κ3) is 4.89. The molecule has 7 heteroatoms. The fraction of sp³-hybridized carbons (Fsp3) is 0.545. The Labute approximate surface area is 181 Å². The highest BCUT2D eigenvalue weighted by molar-refractivity contribution is 6.42. The van der Waals surface area contributed by atoms with Crippen LogP contribution in [0.25, 0.3) is 0 Å². The second kappa shape index (κ2) is 8.57. The molecule has 0 radical (unpaired) electrons. The number of fused-ring (bicyclic) bond motifs is 2. The number of carbonyl (C=O) groups excluding carboxylic acids is 2. The fourth-order valence-electron chi connectivity index (χ4n) is 4.21. The van der Waals surface area contributed by atoms with E-state index in [4.69, 9.17) is 32.7 Å². The van der Waals surface area contributed by atoms with E-state index in [1.807, 2.05) is 25.7 Å². The zero-order valence-corrected chi connectivity index (χ0v) is 18.6. The molecule has 0 spiro atoms. The molecule has 3 rings (SSSR count). The number of Topliss-reactive ketones (excluding diaryl/α,β-unsaturated/α-hetero) is 1. The molecule has 5 nitrogen and oxygen atoms in total. The van der Waals surface area contributed by atoms with E-state index in [0.29, 0.717) is 34.2 Å². The van der Waals surface area contributed by atoms with E-state index < -0.39 is 5.60 Å². The van der Waals surface area contributed by atoms with Gasteiger partial charge in [0.15, 0.2) is 5.78 Å². The first-order valence-corrected chi connectivity index (χ1v) is 10.6. The average Bonchev–Trinajstić information content (AvgIpc) is 2.90. The largest absolute Gasteiger partial charge is 0.489 e. The summed E-state index contributed by atoms with van der Waals surface area (Å²) in [5, 5.41) is 0.650. The zero-order valence-electron chi connectivity index (χ0n) is 17.0. The van der Waals surface area contributed by atoms with E-state index >= 15 is 0 Å². The van der Waals surface area contributed by atoms with Gasteiger partial charge >= 0.3 is 6.09 Å². The van der Waals surface area contributed by atoms with Crippen LogP contribution >= 0.6 is 23.2 Å². The maximum Gasteiger partial charge on any atom is 0.410 e. The van der Waals surface area contributed by atoms with Gasteiger partial charge in [0.1, 0.15) is 18.0 Å². The standard InChI is InChI=1S/C22H27Cl2NO4/c1-5-8-28-19-12-18(24)17(23)11-16(19)20(26)13-9-14-6-7-15(10-13)25(14)21(27)29-22(2,3)4/h5,11-15H,1,6-10H2,2-4H3. The van der Waals surface area contributed by atoms with Gasteiger partial charge in [-0.3, -0.25) is 4.79 Å². The van der Waals surface area contributed by atoms with Crippen LogP contribution < -0.4 is 4.74 Å². The molecular weight excluding hydrogens is 413 g/mol. The van der Waals surface area contributed by atoms with Crippen LogP contribution in [0.1, 0.15) is 56.8 Å². The van der Waals surface area contributed by atoms with Crippen molar-refractivity contribution in [1.29, 1.82) is 0 Å². The number of amides is 1. The molecule has 2 saturated heterocycles. The van der Waals surface area contributed by atoms with Gasteiger partial charge in [0.25, 0.3) is 0 Å². The molecule has 2 heterocycles. The topological polar surface area (TPSA) is 55.8 Å². The summed E-state index contributed by atoms with van der Waals surface area (Å²) in [4.78, 5) is 27.8. The smallest absolute Gasteiger partial charge is 0.410 e. The summed E-state index contributed by atoms with van der Waals surface area (Å²) in [6.07, 6.45) is 4.30. The van der Waals surface area contributed by atoms with Crippen LogP contribution in [0, 0.1) is 5.92 Å². The quantitative estimate of drug-likeness (QED) is 0.421. The van der Waals surface area contributed by atoms with Gasteiger partial charge in [-0.05, 0) is 52.5 Å². The molecule has 0 aliphatic carbocycles. The highest BCUT2D eigenvalue weighted by Crippen LogP contribution is 2.42. The van der Waals surface area contributed by atoms with Crippen molar-refractivity contribution in [3.8, 4) is 5.75 Å². The van der Waals surface area contributed by atoms with Gasteiger partial charge in [0.05, 0.1) is 15.6 Å². The second-order valence-electron chi connectivity index (χ2n) is 8.67. The van der Waals surface area contributed by atoms with Crippen molar-refractivity contribution in [3.05, 3.63) is 40.4 Å². The molecule has 2 fully saturated rings. The average molecular weight is 440 g/mol. The van der Waals surface area contributed by atoms with Crippen LogP contribution in [0.4, 0.5) is 4.79 Å². The minimum absolute atomic E-state index is 0.0119. The fourth-order valence-corrected chi connectivity index (χ4v) is 4.53. The van der Waals surface area contributed by atoms with Crippen molar-refractivity contribution in [2.24, 2.45) is 5.92 Å². The molecule has 0 aromatic heterocycles. The first-order valence-electron chi connectivity index (χ1n) is 9.89. The van der Waals surface area contributed by atoms with Crippen molar-refractivity contribution in [3.63, 3.8) is 0 Å². The summed E-state index contributed by atoms with van der Waals surface area (Å²) in [5.74, 6) is 0.184. The van der Waals surface area contributed by atoms with Gasteiger partial charge in [-0.25, -0.2) is 4.79 Å². The molecular formula is C22H27Cl2NO4. The summed E-state index contributed by atoms with van der Waals surface area (Å²) in [7, 11) is 0. The van der Waals surface area contributed by atoms with Crippen molar-refractivity contribution in [2.45, 2.75) is 64.1 Å². The predicted octanol–water partition coefficient (Wildman–Crippen LogP) is 5.92. The third-order valence-electron chi connectivity index (χ3n) is 5.35. The Morgan fingerprint density at radius 1 is 1.17 bits per heavy atom. The zero-order chi connectivity index (χ0) is 21.3. The normalized spacial score (nSPS) is 23.6. The lowest BCUT2D eigenvalue weighted by atomic mass is 9.84. The number of piperidine rings is 1. The van der Waals surface area contributed by atoms with Crippen LogP contribution in [-0.4, -0.2) is 41.1 Å². The second-order valence-corrected chi connectivity index (χ2v) is 9.48. The molecule has 2 bridgehead atoms. The number of hydrogen-bond donors (Lipinski definition) is 0. The van der Waals surface area contributed by atoms with Gasteiger partial charge in [-0.1, -0.05) is 35.9 Å². The third-order valence-corrected chi connectivity index (χ3v) is 6.07. The monoisotopic (exact) mass is 439 g/mol. The first kappa shape index (κ1) is 22.0. The summed E-state index contributed by atoms with van der Waals surface area (Å²) in [6, 6.07) is 3.17. The highest BCUT2D eigenvalue weighted by Gasteiger charge is 2.46. The van der Waals surface area contributed by atoms with Crippen LogP contribution in [-0.2, 0) is 4.74 Å². The molecule has 2 aliphatic heterocycles. The van der Waals surface area contributed by atoms with Crippen LogP contribution in [0.5, 0.6) is 5.75 Å². The van der Waals surface area contributed by atoms with Gasteiger partial charge in [0.2, 0.25) is 0 Å². The lowest BCUT2D eigenvalue weighted by Gasteiger charge is -2.39. The summed E-state index contributed by atoms with van der Waals surface area (Å²) < 4.78 is 11.2. The van der Waals surface area contributed by atoms with Gasteiger partial charge < -0.3 is 14.4 Å². The number of carbonyl (C=O) groups is 2. The van der Waals surface area contributed by atoms with Crippen molar-refractivity contribution in [1.82, 2.24) is 4.90 Å². The van der Waals surface area contributed by atoms with Crippen molar-refractivity contribution in [2.75, 3.05) is 6.61 Å². The number of nitrogens with zero attached hydrogens (tertiary/aromatic N) is 1. The Morgan fingerprint density at radius 2 is 1.76 bits per heavy atom. The minimum Gasteiger partial charge on any atom is -0.489 e. The van der Waals surface area contributed by atoms with Gasteiger partial charge in [-0.15, -0.1) is 0 Å². The maximum absolute atomic E-state index is 13.3. The number of hydrogen-bond acceptors (Lipinski definition) is 4. The highest BCUT2D eigenvalue weighted by atomic mass is 35.5. The summed E-state index contributed by atoms with van der Waals surface area (Å²) in [5.41, 5.74) is -0.114. The Kier molecular flexibility index (Phi) is 6.49. The van der Waals surface area contributed by atoms with E-state index in [0.717, 1.165) is 12.8 Å². The number of benzene rings is 1. The molecule has 0 saturated carbocycles. The SMILES string of the molecule is C=CCOc1cc(Cl)c(Cl)cc1C(=O)C1CC2CCC(C1)N2C(=O)OC(C)(C)C. The molecule has 29 heavy (non-hydrogen) atoms. The molecule has 1 amide bonds. The van der Waals surface area contributed by atoms with E-state index in [-0.39, 0.29) is 36.5 Å². The number of ketones is 1. The van der Waals surface area contributed by atoms with Gasteiger partial charge in [0, 0.05) is 24.1 Å². The van der Waals surface area contributed by atoms with E-state index in [9.17, 15) is 9.59 Å². The number of halogens is 2. The molecule has 2 unspecified atom stereocenters. The molecule has 2 atom stereocenters. The molecule has 1 aromatic carbocycles. The van der Waals surface area contributed by atoms with Crippen LogP contribution in [0.2, 0.25) is 10.0 Å². The van der Waals surface area contributed by atoms with Crippen LogP contribution in [0.15, 0.2) is 24.8 Å². The molecule has 1 aromatic rings.